The molecule has 0 saturated heterocycles. The maximum atomic E-state index is 12.1. The summed E-state index contributed by atoms with van der Waals surface area (Å²) < 4.78 is 43.7. The molecule has 9 heteroatoms. The Hall–Kier alpha value is -3.93. The van der Waals surface area contributed by atoms with Crippen LogP contribution in [0.5, 0.6) is 17.2 Å². The van der Waals surface area contributed by atoms with Crippen molar-refractivity contribution in [1.29, 1.82) is 5.26 Å². The third kappa shape index (κ3) is 6.91. The molecule has 0 aliphatic carbocycles. The predicted octanol–water partition coefficient (Wildman–Crippen LogP) is 3.64. The van der Waals surface area contributed by atoms with Gasteiger partial charge in [0.2, 0.25) is 0 Å². The summed E-state index contributed by atoms with van der Waals surface area (Å²) in [5.74, 6) is -0.559. The number of methoxy groups -OCH3 is 1. The Kier molecular flexibility index (Phi) is 8.32. The van der Waals surface area contributed by atoms with E-state index in [2.05, 4.69) is 4.74 Å². The van der Waals surface area contributed by atoms with Crippen molar-refractivity contribution in [3.8, 4) is 23.3 Å². The third-order valence-corrected chi connectivity index (χ3v) is 3.64. The Balaban J connectivity index is 1.90. The van der Waals surface area contributed by atoms with Crippen LogP contribution in [-0.2, 0) is 9.53 Å². The Morgan fingerprint density at radius 1 is 1.13 bits per heavy atom. The van der Waals surface area contributed by atoms with Crippen molar-refractivity contribution in [2.75, 3.05) is 20.3 Å². The van der Waals surface area contributed by atoms with Crippen LogP contribution in [0.4, 0.5) is 8.78 Å². The number of rotatable bonds is 10. The van der Waals surface area contributed by atoms with Gasteiger partial charge in [-0.1, -0.05) is 6.07 Å². The normalized spacial score (nSPS) is 10.5. The van der Waals surface area contributed by atoms with Gasteiger partial charge in [-0.3, -0.25) is 4.79 Å². The first-order valence-corrected chi connectivity index (χ1v) is 8.53. The molecule has 0 atom stereocenters. The monoisotopic (exact) mass is 417 g/mol. The number of hydrogen-bond donors (Lipinski definition) is 0. The summed E-state index contributed by atoms with van der Waals surface area (Å²) in [7, 11) is 1.44. The van der Waals surface area contributed by atoms with Gasteiger partial charge in [0, 0.05) is 11.6 Å². The lowest BCUT2D eigenvalue weighted by Gasteiger charge is -2.08. The molecule has 0 amide bonds. The number of benzene rings is 2. The highest BCUT2D eigenvalue weighted by Crippen LogP contribution is 2.28. The second-order valence-electron chi connectivity index (χ2n) is 5.62. The second-order valence-corrected chi connectivity index (χ2v) is 5.62. The van der Waals surface area contributed by atoms with Gasteiger partial charge in [0.05, 0.1) is 7.11 Å². The molecule has 0 aliphatic rings. The van der Waals surface area contributed by atoms with Crippen molar-refractivity contribution in [2.24, 2.45) is 0 Å². The largest absolute Gasteiger partial charge is 0.493 e. The summed E-state index contributed by atoms with van der Waals surface area (Å²) in [5.41, 5.74) is 0.792. The lowest BCUT2D eigenvalue weighted by Crippen LogP contribution is -2.12. The number of halogens is 2. The van der Waals surface area contributed by atoms with Crippen LogP contribution in [0.25, 0.3) is 6.08 Å². The molecule has 30 heavy (non-hydrogen) atoms. The smallest absolute Gasteiger partial charge is 0.387 e. The molecule has 0 radical (unpaired) electrons. The Morgan fingerprint density at radius 3 is 2.50 bits per heavy atom. The van der Waals surface area contributed by atoms with Crippen molar-refractivity contribution in [3.05, 3.63) is 59.7 Å². The minimum Gasteiger partial charge on any atom is -0.493 e. The van der Waals surface area contributed by atoms with Gasteiger partial charge in [0.15, 0.2) is 30.5 Å². The maximum Gasteiger partial charge on any atom is 0.387 e. The lowest BCUT2D eigenvalue weighted by molar-refractivity contribution is -0.136. The molecule has 0 fully saturated rings. The van der Waals surface area contributed by atoms with Crippen molar-refractivity contribution >= 4 is 17.8 Å². The van der Waals surface area contributed by atoms with Crippen LogP contribution in [0, 0.1) is 11.3 Å². The van der Waals surface area contributed by atoms with E-state index in [1.807, 2.05) is 6.07 Å². The average Bonchev–Trinajstić information content (AvgIpc) is 2.74. The first-order chi connectivity index (χ1) is 14.4. The molecular formula is C21H17F2NO6. The van der Waals surface area contributed by atoms with E-state index >= 15 is 0 Å². The summed E-state index contributed by atoms with van der Waals surface area (Å²) in [6.45, 7) is -3.60. The summed E-state index contributed by atoms with van der Waals surface area (Å²) in [6.07, 6.45) is 2.59. The molecule has 156 valence electrons. The zero-order valence-corrected chi connectivity index (χ0v) is 15.8. The highest BCUT2D eigenvalue weighted by molar-refractivity contribution is 5.99. The highest BCUT2D eigenvalue weighted by Gasteiger charge is 2.10. The van der Waals surface area contributed by atoms with Gasteiger partial charge < -0.3 is 18.9 Å². The summed E-state index contributed by atoms with van der Waals surface area (Å²) in [6, 6.07) is 11.7. The molecule has 0 saturated carbocycles. The molecular weight excluding hydrogens is 400 g/mol. The van der Waals surface area contributed by atoms with Crippen LogP contribution in [0.15, 0.2) is 48.5 Å². The molecule has 0 unspecified atom stereocenters. The van der Waals surface area contributed by atoms with Crippen molar-refractivity contribution in [1.82, 2.24) is 0 Å². The number of nitrogens with zero attached hydrogens (tertiary/aromatic N) is 1. The molecule has 0 bridgehead atoms. The van der Waals surface area contributed by atoms with Crippen molar-refractivity contribution in [3.63, 3.8) is 0 Å². The molecule has 0 aliphatic heterocycles. The van der Waals surface area contributed by atoms with Crippen LogP contribution in [-0.4, -0.2) is 38.7 Å². The first kappa shape index (κ1) is 22.4. The van der Waals surface area contributed by atoms with E-state index in [1.165, 1.54) is 37.5 Å². The topological polar surface area (TPSA) is 94.8 Å². The van der Waals surface area contributed by atoms with E-state index in [1.54, 1.807) is 18.2 Å². The van der Waals surface area contributed by atoms with Gasteiger partial charge >= 0.3 is 12.6 Å². The summed E-state index contributed by atoms with van der Waals surface area (Å²) in [5, 5.41) is 8.56. The van der Waals surface area contributed by atoms with Gasteiger partial charge in [-0.2, -0.15) is 14.0 Å². The highest BCUT2D eigenvalue weighted by atomic mass is 19.3. The fourth-order valence-electron chi connectivity index (χ4n) is 2.27. The number of hydrogen-bond acceptors (Lipinski definition) is 7. The van der Waals surface area contributed by atoms with Gasteiger partial charge in [0.25, 0.3) is 0 Å². The molecule has 0 aromatic heterocycles. The Morgan fingerprint density at radius 2 is 1.87 bits per heavy atom. The maximum absolute atomic E-state index is 12.1. The Labute approximate surface area is 171 Å². The molecule has 2 aromatic carbocycles. The quantitative estimate of drug-likeness (QED) is 0.331. The molecule has 2 rings (SSSR count). The summed E-state index contributed by atoms with van der Waals surface area (Å²) in [4.78, 5) is 23.9. The number of esters is 1. The lowest BCUT2D eigenvalue weighted by atomic mass is 10.1. The zero-order chi connectivity index (χ0) is 21.9. The summed E-state index contributed by atoms with van der Waals surface area (Å²) >= 11 is 0. The van der Waals surface area contributed by atoms with Gasteiger partial charge in [-0.15, -0.1) is 0 Å². The van der Waals surface area contributed by atoms with Crippen LogP contribution in [0.2, 0.25) is 0 Å². The van der Waals surface area contributed by atoms with Crippen molar-refractivity contribution in [2.45, 2.75) is 6.61 Å². The zero-order valence-electron chi connectivity index (χ0n) is 15.8. The molecule has 2 aromatic rings. The number of ketones is 1. The molecule has 0 heterocycles. The minimum absolute atomic E-state index is 0.0825. The predicted molar refractivity (Wildman–Crippen MR) is 101 cm³/mol. The average molecular weight is 417 g/mol. The van der Waals surface area contributed by atoms with Crippen LogP contribution in [0.1, 0.15) is 15.9 Å². The van der Waals surface area contributed by atoms with E-state index in [4.69, 9.17) is 19.5 Å². The molecule has 0 spiro atoms. The number of carbonyl (C=O) groups is 2. The van der Waals surface area contributed by atoms with Crippen LogP contribution >= 0.6 is 0 Å². The minimum atomic E-state index is -2.96. The fourth-order valence-corrected chi connectivity index (χ4v) is 2.27. The van der Waals surface area contributed by atoms with E-state index in [0.717, 1.165) is 6.08 Å². The number of carbonyl (C=O) groups excluding carboxylic acids is 2. The fraction of sp³-hybridized carbons (Fsp3) is 0.190. The Bertz CT molecular complexity index is 951. The SMILES string of the molecule is COc1cc(C=CC(=O)OCC(=O)c2ccc(OC(F)F)cc2)ccc1OCC#N. The van der Waals surface area contributed by atoms with E-state index in [-0.39, 0.29) is 17.9 Å². The molecule has 7 nitrogen and oxygen atoms in total. The number of nitriles is 1. The van der Waals surface area contributed by atoms with E-state index in [9.17, 15) is 18.4 Å². The van der Waals surface area contributed by atoms with Gasteiger partial charge in [-0.25, -0.2) is 4.79 Å². The van der Waals surface area contributed by atoms with Gasteiger partial charge in [-0.05, 0) is 48.0 Å². The number of alkyl halides is 2. The van der Waals surface area contributed by atoms with Crippen molar-refractivity contribution < 1.29 is 37.3 Å². The van der Waals surface area contributed by atoms with E-state index < -0.39 is 25.0 Å². The molecule has 0 N–H and O–H groups in total. The van der Waals surface area contributed by atoms with Crippen LogP contribution < -0.4 is 14.2 Å². The first-order valence-electron chi connectivity index (χ1n) is 8.53. The standard InChI is InChI=1S/C21H17F2NO6/c1-27-19-12-14(2-8-18(19)28-11-10-24)3-9-20(26)29-13-17(25)15-4-6-16(7-5-15)30-21(22)23/h2-9,12,21H,11,13H2,1H3. The third-order valence-electron chi connectivity index (χ3n) is 3.64. The van der Waals surface area contributed by atoms with E-state index in [0.29, 0.717) is 17.1 Å². The second kappa shape index (κ2) is 11.2. The number of ether oxygens (including phenoxy) is 4. The van der Waals surface area contributed by atoms with Gasteiger partial charge in [0.1, 0.15) is 11.8 Å². The van der Waals surface area contributed by atoms with Crippen LogP contribution in [0.3, 0.4) is 0 Å². The number of Topliss-reactive ketones (excluding diaryl/α,β-unsaturated/α-hetero) is 1.